The zero-order valence-electron chi connectivity index (χ0n) is 9.66. The molecule has 8 heteroatoms. The SMILES string of the molecule is CN(Cc1ccc(C(=O)NN)cn1)CC(F)(F)F. The fourth-order valence-electron chi connectivity index (χ4n) is 1.37. The standard InChI is InChI=1S/C10H13F3N4O/c1-17(6-10(11,12)13)5-8-3-2-7(4-15-8)9(18)16-14/h2-4H,5-6,14H2,1H3,(H,16,18). The maximum absolute atomic E-state index is 12.1. The molecule has 0 aliphatic heterocycles. The van der Waals surface area contributed by atoms with Crippen LogP contribution in [0.3, 0.4) is 0 Å². The van der Waals surface area contributed by atoms with Crippen molar-refractivity contribution in [3.8, 4) is 0 Å². The third kappa shape index (κ3) is 4.68. The fourth-order valence-corrected chi connectivity index (χ4v) is 1.37. The number of rotatable bonds is 4. The van der Waals surface area contributed by atoms with Gasteiger partial charge < -0.3 is 0 Å². The van der Waals surface area contributed by atoms with Gasteiger partial charge in [0.25, 0.3) is 5.91 Å². The van der Waals surface area contributed by atoms with Crippen LogP contribution < -0.4 is 11.3 Å². The highest BCUT2D eigenvalue weighted by Crippen LogP contribution is 2.16. The highest BCUT2D eigenvalue weighted by atomic mass is 19.4. The smallest absolute Gasteiger partial charge is 0.292 e. The molecule has 0 aliphatic rings. The number of halogens is 3. The van der Waals surface area contributed by atoms with E-state index in [-0.39, 0.29) is 12.1 Å². The first kappa shape index (κ1) is 14.4. The van der Waals surface area contributed by atoms with Crippen molar-refractivity contribution in [2.75, 3.05) is 13.6 Å². The molecule has 1 amide bonds. The number of carbonyl (C=O) groups excluding carboxylic acids is 1. The van der Waals surface area contributed by atoms with E-state index in [1.54, 1.807) is 0 Å². The van der Waals surface area contributed by atoms with Crippen LogP contribution in [-0.2, 0) is 6.54 Å². The Labute approximate surface area is 102 Å². The van der Waals surface area contributed by atoms with Gasteiger partial charge in [-0.3, -0.25) is 20.1 Å². The lowest BCUT2D eigenvalue weighted by molar-refractivity contribution is -0.144. The Bertz CT molecular complexity index is 405. The van der Waals surface area contributed by atoms with Crippen LogP contribution in [-0.4, -0.2) is 35.6 Å². The van der Waals surface area contributed by atoms with E-state index in [1.807, 2.05) is 5.43 Å². The maximum atomic E-state index is 12.1. The van der Waals surface area contributed by atoms with Crippen molar-refractivity contribution in [2.45, 2.75) is 12.7 Å². The van der Waals surface area contributed by atoms with Crippen molar-refractivity contribution >= 4 is 5.91 Å². The zero-order valence-corrected chi connectivity index (χ0v) is 9.66. The summed E-state index contributed by atoms with van der Waals surface area (Å²) in [5.74, 6) is 4.43. The molecule has 0 atom stereocenters. The van der Waals surface area contributed by atoms with Gasteiger partial charge in [0, 0.05) is 12.7 Å². The normalized spacial score (nSPS) is 11.7. The molecule has 1 rings (SSSR count). The van der Waals surface area contributed by atoms with Crippen molar-refractivity contribution in [3.63, 3.8) is 0 Å². The summed E-state index contributed by atoms with van der Waals surface area (Å²) in [5.41, 5.74) is 2.62. The number of carbonyl (C=O) groups is 1. The van der Waals surface area contributed by atoms with Gasteiger partial charge in [0.15, 0.2) is 0 Å². The van der Waals surface area contributed by atoms with Gasteiger partial charge in [-0.1, -0.05) is 0 Å². The van der Waals surface area contributed by atoms with E-state index in [1.165, 1.54) is 25.4 Å². The van der Waals surface area contributed by atoms with E-state index in [9.17, 15) is 18.0 Å². The Morgan fingerprint density at radius 3 is 2.61 bits per heavy atom. The molecule has 1 aromatic rings. The highest BCUT2D eigenvalue weighted by Gasteiger charge is 2.29. The van der Waals surface area contributed by atoms with E-state index in [0.29, 0.717) is 5.69 Å². The number of nitrogens with one attached hydrogen (secondary N) is 1. The molecule has 0 unspecified atom stereocenters. The van der Waals surface area contributed by atoms with Crippen LogP contribution >= 0.6 is 0 Å². The van der Waals surface area contributed by atoms with Crippen molar-refractivity contribution in [1.29, 1.82) is 0 Å². The molecule has 0 saturated heterocycles. The predicted molar refractivity (Wildman–Crippen MR) is 58.3 cm³/mol. The molecule has 18 heavy (non-hydrogen) atoms. The van der Waals surface area contributed by atoms with Crippen molar-refractivity contribution in [1.82, 2.24) is 15.3 Å². The number of alkyl halides is 3. The Hall–Kier alpha value is -1.67. The molecule has 0 bridgehead atoms. The lowest BCUT2D eigenvalue weighted by atomic mass is 10.2. The number of nitrogen functional groups attached to an aromatic ring is 1. The first-order valence-electron chi connectivity index (χ1n) is 5.03. The van der Waals surface area contributed by atoms with Crippen molar-refractivity contribution in [3.05, 3.63) is 29.6 Å². The molecule has 5 nitrogen and oxygen atoms in total. The number of pyridine rings is 1. The van der Waals surface area contributed by atoms with Crippen LogP contribution in [0, 0.1) is 0 Å². The molecule has 0 radical (unpaired) electrons. The monoisotopic (exact) mass is 262 g/mol. The van der Waals surface area contributed by atoms with Crippen molar-refractivity contribution < 1.29 is 18.0 Å². The van der Waals surface area contributed by atoms with E-state index < -0.39 is 18.6 Å². The van der Waals surface area contributed by atoms with Gasteiger partial charge in [-0.05, 0) is 19.2 Å². The summed E-state index contributed by atoms with van der Waals surface area (Å²) >= 11 is 0. The van der Waals surface area contributed by atoms with Crippen LogP contribution in [0.5, 0.6) is 0 Å². The zero-order chi connectivity index (χ0) is 13.8. The number of nitrogens with two attached hydrogens (primary N) is 1. The van der Waals surface area contributed by atoms with Crippen LogP contribution in [0.15, 0.2) is 18.3 Å². The van der Waals surface area contributed by atoms with E-state index >= 15 is 0 Å². The summed E-state index contributed by atoms with van der Waals surface area (Å²) in [5, 5.41) is 0. The number of hydrazine groups is 1. The van der Waals surface area contributed by atoms with Gasteiger partial charge in [-0.15, -0.1) is 0 Å². The van der Waals surface area contributed by atoms with Crippen LogP contribution in [0.2, 0.25) is 0 Å². The second kappa shape index (κ2) is 5.78. The number of hydrogen-bond acceptors (Lipinski definition) is 4. The van der Waals surface area contributed by atoms with E-state index in [0.717, 1.165) is 4.90 Å². The topological polar surface area (TPSA) is 71.2 Å². The Balaban J connectivity index is 2.61. The van der Waals surface area contributed by atoms with Gasteiger partial charge in [-0.2, -0.15) is 13.2 Å². The number of nitrogens with zero attached hydrogens (tertiary/aromatic N) is 2. The second-order valence-corrected chi connectivity index (χ2v) is 3.80. The molecule has 0 aliphatic carbocycles. The highest BCUT2D eigenvalue weighted by molar-refractivity contribution is 5.93. The first-order chi connectivity index (χ1) is 8.31. The van der Waals surface area contributed by atoms with Gasteiger partial charge in [0.05, 0.1) is 17.8 Å². The second-order valence-electron chi connectivity index (χ2n) is 3.80. The molecule has 1 aromatic heterocycles. The first-order valence-corrected chi connectivity index (χ1v) is 5.03. The summed E-state index contributed by atoms with van der Waals surface area (Å²) in [6, 6.07) is 2.93. The third-order valence-corrected chi connectivity index (χ3v) is 2.10. The number of hydrogen-bond donors (Lipinski definition) is 2. The summed E-state index contributed by atoms with van der Waals surface area (Å²) in [6.45, 7) is -0.969. The van der Waals surface area contributed by atoms with Gasteiger partial charge in [0.1, 0.15) is 0 Å². The minimum absolute atomic E-state index is 0.0457. The quantitative estimate of drug-likeness (QED) is 0.475. The van der Waals surface area contributed by atoms with Crippen LogP contribution in [0.1, 0.15) is 16.1 Å². The lowest BCUT2D eigenvalue weighted by Gasteiger charge is -2.17. The van der Waals surface area contributed by atoms with Gasteiger partial charge in [-0.25, -0.2) is 5.84 Å². The van der Waals surface area contributed by atoms with Crippen LogP contribution in [0.4, 0.5) is 13.2 Å². The number of amides is 1. The minimum Gasteiger partial charge on any atom is -0.292 e. The molecule has 3 N–H and O–H groups in total. The maximum Gasteiger partial charge on any atom is 0.401 e. The Kier molecular flexibility index (Phi) is 4.62. The Morgan fingerprint density at radius 1 is 1.50 bits per heavy atom. The van der Waals surface area contributed by atoms with Gasteiger partial charge in [0.2, 0.25) is 0 Å². The average molecular weight is 262 g/mol. The van der Waals surface area contributed by atoms with E-state index in [4.69, 9.17) is 5.84 Å². The summed E-state index contributed by atoms with van der Waals surface area (Å²) in [7, 11) is 1.34. The molecule has 0 spiro atoms. The summed E-state index contributed by atoms with van der Waals surface area (Å²) in [6.07, 6.45) is -2.98. The molecule has 100 valence electrons. The van der Waals surface area contributed by atoms with Gasteiger partial charge >= 0.3 is 6.18 Å². The molecule has 0 fully saturated rings. The average Bonchev–Trinajstić information content (AvgIpc) is 2.26. The minimum atomic E-state index is -4.24. The predicted octanol–water partition coefficient (Wildman–Crippen LogP) is 0.679. The molecule has 0 aromatic carbocycles. The van der Waals surface area contributed by atoms with Crippen LogP contribution in [0.25, 0.3) is 0 Å². The fraction of sp³-hybridized carbons (Fsp3) is 0.400. The molecule has 1 heterocycles. The molecular weight excluding hydrogens is 249 g/mol. The third-order valence-electron chi connectivity index (χ3n) is 2.10. The van der Waals surface area contributed by atoms with E-state index in [2.05, 4.69) is 4.98 Å². The summed E-state index contributed by atoms with van der Waals surface area (Å²) < 4.78 is 36.3. The van der Waals surface area contributed by atoms with Crippen molar-refractivity contribution in [2.24, 2.45) is 5.84 Å². The Morgan fingerprint density at radius 2 is 2.17 bits per heavy atom. The number of aromatic nitrogens is 1. The largest absolute Gasteiger partial charge is 0.401 e. The molecular formula is C10H13F3N4O. The molecule has 0 saturated carbocycles. The lowest BCUT2D eigenvalue weighted by Crippen LogP contribution is -2.31. The summed E-state index contributed by atoms with van der Waals surface area (Å²) in [4.78, 5) is 16.1.